The Morgan fingerprint density at radius 3 is 2.38 bits per heavy atom. The van der Waals surface area contributed by atoms with E-state index < -0.39 is 34.4 Å². The fourth-order valence-electron chi connectivity index (χ4n) is 3.75. The van der Waals surface area contributed by atoms with Crippen LogP contribution in [-0.2, 0) is 16.4 Å². The number of sulfonamides is 1. The molecule has 202 valence electrons. The molecule has 0 bridgehead atoms. The Labute approximate surface area is 215 Å². The van der Waals surface area contributed by atoms with Gasteiger partial charge in [0.15, 0.2) is 11.5 Å². The van der Waals surface area contributed by atoms with E-state index in [0.29, 0.717) is 17.1 Å². The van der Waals surface area contributed by atoms with Gasteiger partial charge in [0.05, 0.1) is 17.0 Å². The lowest BCUT2D eigenvalue weighted by Crippen LogP contribution is -2.50. The lowest BCUT2D eigenvalue weighted by Gasteiger charge is -2.30. The predicted octanol–water partition coefficient (Wildman–Crippen LogP) is 2.02. The van der Waals surface area contributed by atoms with E-state index in [4.69, 9.17) is 14.2 Å². The minimum Gasteiger partial charge on any atom is -0.465 e. The van der Waals surface area contributed by atoms with Crippen LogP contribution in [0.3, 0.4) is 0 Å². The first-order valence-corrected chi connectivity index (χ1v) is 13.0. The Morgan fingerprint density at radius 2 is 1.76 bits per heavy atom. The molecule has 0 fully saturated rings. The van der Waals surface area contributed by atoms with Crippen LogP contribution in [0.4, 0.5) is 9.59 Å². The summed E-state index contributed by atoms with van der Waals surface area (Å²) >= 11 is 0. The topological polar surface area (TPSA) is 164 Å². The summed E-state index contributed by atoms with van der Waals surface area (Å²) in [4.78, 5) is 22.8. The summed E-state index contributed by atoms with van der Waals surface area (Å²) in [5.41, 5.74) is 0.635. The van der Waals surface area contributed by atoms with Crippen LogP contribution in [0.1, 0.15) is 19.4 Å². The predicted molar refractivity (Wildman–Crippen MR) is 132 cm³/mol. The molecule has 0 radical (unpaired) electrons. The van der Waals surface area contributed by atoms with Gasteiger partial charge in [-0.2, -0.15) is 4.31 Å². The fourth-order valence-corrected chi connectivity index (χ4v) is 5.39. The minimum absolute atomic E-state index is 0.00526. The molecule has 0 aromatic heterocycles. The zero-order valence-electron chi connectivity index (χ0n) is 20.7. The van der Waals surface area contributed by atoms with E-state index in [9.17, 15) is 28.2 Å². The van der Waals surface area contributed by atoms with Gasteiger partial charge in [0.25, 0.3) is 0 Å². The summed E-state index contributed by atoms with van der Waals surface area (Å²) in [5, 5.41) is 25.0. The second-order valence-corrected chi connectivity index (χ2v) is 10.8. The maximum absolute atomic E-state index is 13.5. The van der Waals surface area contributed by atoms with Gasteiger partial charge in [-0.1, -0.05) is 26.0 Å². The van der Waals surface area contributed by atoms with Crippen molar-refractivity contribution in [3.8, 4) is 17.2 Å². The van der Waals surface area contributed by atoms with Crippen molar-refractivity contribution in [1.82, 2.24) is 14.9 Å². The van der Waals surface area contributed by atoms with E-state index in [2.05, 4.69) is 10.6 Å². The summed E-state index contributed by atoms with van der Waals surface area (Å²) in [6.45, 7) is 3.42. The van der Waals surface area contributed by atoms with Crippen LogP contribution >= 0.6 is 0 Å². The van der Waals surface area contributed by atoms with Crippen molar-refractivity contribution in [2.24, 2.45) is 5.92 Å². The molecule has 3 rings (SSSR count). The highest BCUT2D eigenvalue weighted by Crippen LogP contribution is 2.34. The monoisotopic (exact) mass is 537 g/mol. The zero-order chi connectivity index (χ0) is 27.2. The summed E-state index contributed by atoms with van der Waals surface area (Å²) in [6.07, 6.45) is -3.31. The molecule has 2 aromatic carbocycles. The molecule has 13 heteroatoms. The normalized spacial score (nSPS) is 14.3. The van der Waals surface area contributed by atoms with Gasteiger partial charge in [-0.25, -0.2) is 18.0 Å². The summed E-state index contributed by atoms with van der Waals surface area (Å²) < 4.78 is 43.7. The number of hydrogen-bond donors (Lipinski definition) is 4. The Bertz CT molecular complexity index is 1200. The molecule has 0 saturated heterocycles. The lowest BCUT2D eigenvalue weighted by molar-refractivity contribution is 0.0980. The lowest BCUT2D eigenvalue weighted by atomic mass is 10.0. The largest absolute Gasteiger partial charge is 0.465 e. The zero-order valence-corrected chi connectivity index (χ0v) is 21.5. The number of aliphatic hydroxyl groups is 1. The third-order valence-corrected chi connectivity index (χ3v) is 7.34. The number of hydrogen-bond acceptors (Lipinski definition) is 8. The third-order valence-electron chi connectivity index (χ3n) is 5.51. The number of carbonyl (C=O) groups excluding carboxylic acids is 1. The number of ether oxygens (including phenoxy) is 3. The quantitative estimate of drug-likeness (QED) is 0.336. The molecule has 1 aliphatic heterocycles. The molecular weight excluding hydrogens is 506 g/mol. The molecule has 37 heavy (non-hydrogen) atoms. The minimum atomic E-state index is -4.06. The summed E-state index contributed by atoms with van der Waals surface area (Å²) in [7, 11) is -2.63. The molecule has 0 unspecified atom stereocenters. The first-order chi connectivity index (χ1) is 17.5. The SMILES string of the molecule is CNC(=O)Oc1ccc(C[C@H](NC(=O)O)[C@H](O)CN(CC(C)C)S(=O)(=O)c2ccc3c(c2)OCO3)cc1. The van der Waals surface area contributed by atoms with Crippen LogP contribution < -0.4 is 24.8 Å². The van der Waals surface area contributed by atoms with Gasteiger partial charge >= 0.3 is 12.2 Å². The number of carboxylic acid groups (broad SMARTS) is 1. The average Bonchev–Trinajstić information content (AvgIpc) is 3.31. The van der Waals surface area contributed by atoms with Crippen molar-refractivity contribution in [2.75, 3.05) is 26.9 Å². The molecule has 2 amide bonds. The first-order valence-electron chi connectivity index (χ1n) is 11.6. The smallest absolute Gasteiger partial charge is 0.412 e. The molecule has 0 saturated carbocycles. The number of nitrogens with zero attached hydrogens (tertiary/aromatic N) is 1. The fraction of sp³-hybridized carbons (Fsp3) is 0.417. The third kappa shape index (κ3) is 7.47. The van der Waals surface area contributed by atoms with Crippen LogP contribution in [0, 0.1) is 5.92 Å². The molecule has 2 atom stereocenters. The Balaban J connectivity index is 1.80. The van der Waals surface area contributed by atoms with Gasteiger partial charge < -0.3 is 35.1 Å². The Hall–Kier alpha value is -3.55. The Kier molecular flexibility index (Phi) is 9.18. The van der Waals surface area contributed by atoms with Crippen molar-refractivity contribution in [3.05, 3.63) is 48.0 Å². The van der Waals surface area contributed by atoms with E-state index in [-0.39, 0.29) is 42.9 Å². The maximum atomic E-state index is 13.5. The number of benzene rings is 2. The second-order valence-electron chi connectivity index (χ2n) is 8.84. The number of aliphatic hydroxyl groups excluding tert-OH is 1. The number of carbonyl (C=O) groups is 2. The second kappa shape index (κ2) is 12.1. The van der Waals surface area contributed by atoms with E-state index >= 15 is 0 Å². The molecule has 0 aliphatic carbocycles. The van der Waals surface area contributed by atoms with Gasteiger partial charge in [-0.15, -0.1) is 0 Å². The molecule has 4 N–H and O–H groups in total. The van der Waals surface area contributed by atoms with Crippen molar-refractivity contribution >= 4 is 22.2 Å². The summed E-state index contributed by atoms with van der Waals surface area (Å²) in [6, 6.07) is 9.56. The van der Waals surface area contributed by atoms with Crippen LogP contribution in [0.25, 0.3) is 0 Å². The first kappa shape index (κ1) is 28.0. The number of amides is 2. The van der Waals surface area contributed by atoms with E-state index in [0.717, 1.165) is 4.31 Å². The van der Waals surface area contributed by atoms with Gasteiger partial charge in [-0.05, 0) is 42.2 Å². The molecule has 1 aliphatic rings. The van der Waals surface area contributed by atoms with Gasteiger partial charge in [0, 0.05) is 26.2 Å². The molecule has 12 nitrogen and oxygen atoms in total. The molecular formula is C24H31N3O9S. The molecule has 0 spiro atoms. The van der Waals surface area contributed by atoms with E-state index in [1.807, 2.05) is 13.8 Å². The van der Waals surface area contributed by atoms with E-state index in [1.165, 1.54) is 37.4 Å². The summed E-state index contributed by atoms with van der Waals surface area (Å²) in [5.74, 6) is 0.950. The number of nitrogens with one attached hydrogen (secondary N) is 2. The average molecular weight is 538 g/mol. The van der Waals surface area contributed by atoms with Crippen LogP contribution in [0.2, 0.25) is 0 Å². The highest BCUT2D eigenvalue weighted by atomic mass is 32.2. The maximum Gasteiger partial charge on any atom is 0.412 e. The highest BCUT2D eigenvalue weighted by molar-refractivity contribution is 7.89. The van der Waals surface area contributed by atoms with E-state index in [1.54, 1.807) is 12.1 Å². The van der Waals surface area contributed by atoms with Crippen molar-refractivity contribution in [3.63, 3.8) is 0 Å². The Morgan fingerprint density at radius 1 is 1.08 bits per heavy atom. The highest BCUT2D eigenvalue weighted by Gasteiger charge is 2.32. The van der Waals surface area contributed by atoms with Crippen LogP contribution in [0.5, 0.6) is 17.2 Å². The molecule has 2 aromatic rings. The van der Waals surface area contributed by atoms with Crippen molar-refractivity contribution < 1.29 is 42.4 Å². The molecule has 1 heterocycles. The van der Waals surface area contributed by atoms with Gasteiger partial charge in [0.2, 0.25) is 16.8 Å². The number of rotatable bonds is 11. The van der Waals surface area contributed by atoms with Crippen molar-refractivity contribution in [1.29, 1.82) is 0 Å². The standard InChI is InChI=1S/C24H31N3O9S/c1-15(2)12-27(37(32,33)18-8-9-21-22(11-18)35-14-34-21)13-20(28)19(26-23(29)30)10-16-4-6-17(7-5-16)36-24(31)25-3/h4-9,11,15,19-20,26,28H,10,12-14H2,1-3H3,(H,25,31)(H,29,30)/t19-,20+/m0/s1. The van der Waals surface area contributed by atoms with Crippen LogP contribution in [0.15, 0.2) is 47.4 Å². The number of fused-ring (bicyclic) bond motifs is 1. The van der Waals surface area contributed by atoms with Gasteiger partial charge in [0.1, 0.15) is 5.75 Å². The van der Waals surface area contributed by atoms with Gasteiger partial charge in [-0.3, -0.25) is 0 Å². The van der Waals surface area contributed by atoms with Crippen LogP contribution in [-0.4, -0.2) is 74.2 Å². The van der Waals surface area contributed by atoms with Crippen molar-refractivity contribution in [2.45, 2.75) is 37.3 Å².